The van der Waals surface area contributed by atoms with Crippen LogP contribution in [0.3, 0.4) is 0 Å². The Bertz CT molecular complexity index is 359. The number of hydrogen-bond acceptors (Lipinski definition) is 3. The molecule has 0 fully saturated rings. The van der Waals surface area contributed by atoms with Gasteiger partial charge in [-0.2, -0.15) is 0 Å². The highest BCUT2D eigenvalue weighted by Gasteiger charge is 2.23. The number of carbonyl (C=O) groups excluding carboxylic acids is 1. The monoisotopic (exact) mass is 287 g/mol. The van der Waals surface area contributed by atoms with Gasteiger partial charge >= 0.3 is 11.9 Å². The smallest absolute Gasteiger partial charge is 0.326 e. The Balaban J connectivity index is 4.32. The molecule has 0 rings (SSSR count). The SMILES string of the molecule is CC(CC(=O)NC(CCC(=O)O)C(=O)O)CC(C)(C)C. The first-order valence-corrected chi connectivity index (χ1v) is 6.75. The summed E-state index contributed by atoms with van der Waals surface area (Å²) in [5, 5.41) is 19.9. The summed E-state index contributed by atoms with van der Waals surface area (Å²) in [6.07, 6.45) is 0.709. The lowest BCUT2D eigenvalue weighted by Gasteiger charge is -2.23. The molecule has 0 spiro atoms. The van der Waals surface area contributed by atoms with Crippen molar-refractivity contribution in [2.24, 2.45) is 11.3 Å². The van der Waals surface area contributed by atoms with Gasteiger partial charge in [0.2, 0.25) is 5.91 Å². The van der Waals surface area contributed by atoms with Crippen LogP contribution in [0.4, 0.5) is 0 Å². The average Bonchev–Trinajstić information content (AvgIpc) is 2.20. The standard InChI is InChI=1S/C14H25NO5/c1-9(8-14(2,3)4)7-11(16)15-10(13(19)20)5-6-12(17)18/h9-10H,5-8H2,1-4H3,(H,15,16)(H,17,18)(H,19,20). The van der Waals surface area contributed by atoms with Gasteiger partial charge in [0.25, 0.3) is 0 Å². The zero-order chi connectivity index (χ0) is 15.9. The van der Waals surface area contributed by atoms with Crippen LogP contribution < -0.4 is 5.32 Å². The molecule has 0 aliphatic heterocycles. The summed E-state index contributed by atoms with van der Waals surface area (Å²) < 4.78 is 0. The molecule has 0 saturated heterocycles. The van der Waals surface area contributed by atoms with E-state index in [1.807, 2.05) is 6.92 Å². The molecule has 6 nitrogen and oxygen atoms in total. The lowest BCUT2D eigenvalue weighted by atomic mass is 9.84. The molecular formula is C14H25NO5. The Morgan fingerprint density at radius 1 is 1.15 bits per heavy atom. The third kappa shape index (κ3) is 9.35. The normalized spacial score (nSPS) is 14.4. The van der Waals surface area contributed by atoms with Gasteiger partial charge in [-0.25, -0.2) is 4.79 Å². The molecule has 0 aromatic heterocycles. The summed E-state index contributed by atoms with van der Waals surface area (Å²) in [6.45, 7) is 8.18. The van der Waals surface area contributed by atoms with Gasteiger partial charge in [0.1, 0.15) is 6.04 Å². The zero-order valence-electron chi connectivity index (χ0n) is 12.6. The minimum Gasteiger partial charge on any atom is -0.481 e. The first-order chi connectivity index (χ1) is 9.01. The van der Waals surface area contributed by atoms with Gasteiger partial charge < -0.3 is 15.5 Å². The molecule has 1 amide bonds. The van der Waals surface area contributed by atoms with E-state index in [4.69, 9.17) is 10.2 Å². The third-order valence-corrected chi connectivity index (χ3v) is 2.77. The first-order valence-electron chi connectivity index (χ1n) is 6.75. The van der Waals surface area contributed by atoms with Crippen LogP contribution in [-0.4, -0.2) is 34.1 Å². The van der Waals surface area contributed by atoms with Gasteiger partial charge in [0.05, 0.1) is 0 Å². The van der Waals surface area contributed by atoms with E-state index in [0.717, 1.165) is 6.42 Å². The molecule has 0 aliphatic carbocycles. The molecule has 0 heterocycles. The van der Waals surface area contributed by atoms with Crippen LogP contribution in [-0.2, 0) is 14.4 Å². The van der Waals surface area contributed by atoms with E-state index >= 15 is 0 Å². The molecule has 3 N–H and O–H groups in total. The second kappa shape index (κ2) is 7.87. The molecule has 0 bridgehead atoms. The van der Waals surface area contributed by atoms with Gasteiger partial charge in [-0.15, -0.1) is 0 Å². The van der Waals surface area contributed by atoms with E-state index in [1.165, 1.54) is 0 Å². The van der Waals surface area contributed by atoms with E-state index in [9.17, 15) is 14.4 Å². The van der Waals surface area contributed by atoms with Crippen LogP contribution in [0.1, 0.15) is 53.4 Å². The highest BCUT2D eigenvalue weighted by atomic mass is 16.4. The number of carboxylic acid groups (broad SMARTS) is 2. The van der Waals surface area contributed by atoms with E-state index in [2.05, 4.69) is 26.1 Å². The number of hydrogen-bond donors (Lipinski definition) is 3. The Labute approximate surface area is 119 Å². The van der Waals surface area contributed by atoms with Crippen molar-refractivity contribution in [2.75, 3.05) is 0 Å². The first kappa shape index (κ1) is 18.4. The molecule has 0 aliphatic rings. The van der Waals surface area contributed by atoms with Gasteiger partial charge in [0.15, 0.2) is 0 Å². The topological polar surface area (TPSA) is 104 Å². The highest BCUT2D eigenvalue weighted by Crippen LogP contribution is 2.25. The molecule has 20 heavy (non-hydrogen) atoms. The van der Waals surface area contributed by atoms with Crippen molar-refractivity contribution in [3.8, 4) is 0 Å². The lowest BCUT2D eigenvalue weighted by Crippen LogP contribution is -2.41. The maximum absolute atomic E-state index is 11.8. The second-order valence-corrected chi connectivity index (χ2v) is 6.46. The van der Waals surface area contributed by atoms with Gasteiger partial charge in [-0.3, -0.25) is 9.59 Å². The van der Waals surface area contributed by atoms with Crippen LogP contribution in [0.2, 0.25) is 0 Å². The number of nitrogens with one attached hydrogen (secondary N) is 1. The van der Waals surface area contributed by atoms with E-state index in [-0.39, 0.29) is 36.5 Å². The summed E-state index contributed by atoms with van der Waals surface area (Å²) >= 11 is 0. The number of carboxylic acids is 2. The molecule has 2 atom stereocenters. The van der Waals surface area contributed by atoms with Crippen molar-refractivity contribution in [3.05, 3.63) is 0 Å². The van der Waals surface area contributed by atoms with Crippen LogP contribution in [0.5, 0.6) is 0 Å². The molecule has 2 unspecified atom stereocenters. The Morgan fingerprint density at radius 3 is 2.10 bits per heavy atom. The summed E-state index contributed by atoms with van der Waals surface area (Å²) in [5.74, 6) is -2.49. The third-order valence-electron chi connectivity index (χ3n) is 2.77. The summed E-state index contributed by atoms with van der Waals surface area (Å²) in [6, 6.07) is -1.14. The second-order valence-electron chi connectivity index (χ2n) is 6.46. The van der Waals surface area contributed by atoms with Crippen molar-refractivity contribution in [2.45, 2.75) is 59.4 Å². The van der Waals surface area contributed by atoms with E-state index < -0.39 is 18.0 Å². The molecule has 0 saturated carbocycles. The van der Waals surface area contributed by atoms with E-state index in [1.54, 1.807) is 0 Å². The van der Waals surface area contributed by atoms with Crippen molar-refractivity contribution < 1.29 is 24.6 Å². The van der Waals surface area contributed by atoms with Gasteiger partial charge in [0, 0.05) is 12.8 Å². The Morgan fingerprint density at radius 2 is 1.70 bits per heavy atom. The Hall–Kier alpha value is -1.59. The van der Waals surface area contributed by atoms with Crippen molar-refractivity contribution in [3.63, 3.8) is 0 Å². The summed E-state index contributed by atoms with van der Waals surface area (Å²) in [5.41, 5.74) is 0.106. The molecule has 0 radical (unpaired) electrons. The van der Waals surface area contributed by atoms with Gasteiger partial charge in [-0.1, -0.05) is 27.7 Å². The number of carbonyl (C=O) groups is 3. The quantitative estimate of drug-likeness (QED) is 0.632. The molecule has 0 aromatic rings. The fraction of sp³-hybridized carbons (Fsp3) is 0.786. The number of aliphatic carboxylic acids is 2. The fourth-order valence-corrected chi connectivity index (χ4v) is 2.21. The maximum atomic E-state index is 11.8. The number of amides is 1. The Kier molecular flexibility index (Phi) is 7.24. The predicted molar refractivity (Wildman–Crippen MR) is 74.3 cm³/mol. The molecule has 0 aromatic carbocycles. The molecular weight excluding hydrogens is 262 g/mol. The van der Waals surface area contributed by atoms with Crippen LogP contribution in [0.25, 0.3) is 0 Å². The zero-order valence-corrected chi connectivity index (χ0v) is 12.6. The highest BCUT2D eigenvalue weighted by molar-refractivity contribution is 5.84. The minimum absolute atomic E-state index is 0.106. The van der Waals surface area contributed by atoms with Gasteiger partial charge in [-0.05, 0) is 24.2 Å². The van der Waals surface area contributed by atoms with Crippen LogP contribution >= 0.6 is 0 Å². The van der Waals surface area contributed by atoms with Crippen molar-refractivity contribution in [1.29, 1.82) is 0 Å². The minimum atomic E-state index is -1.21. The van der Waals surface area contributed by atoms with Crippen molar-refractivity contribution >= 4 is 17.8 Å². The predicted octanol–water partition coefficient (Wildman–Crippen LogP) is 1.88. The average molecular weight is 287 g/mol. The van der Waals surface area contributed by atoms with E-state index in [0.29, 0.717) is 0 Å². The fourth-order valence-electron chi connectivity index (χ4n) is 2.21. The number of rotatable bonds is 8. The summed E-state index contributed by atoms with van der Waals surface area (Å²) in [7, 11) is 0. The van der Waals surface area contributed by atoms with Crippen molar-refractivity contribution in [1.82, 2.24) is 5.32 Å². The molecule has 116 valence electrons. The van der Waals surface area contributed by atoms with Crippen LogP contribution in [0.15, 0.2) is 0 Å². The molecule has 6 heteroatoms. The van der Waals surface area contributed by atoms with Crippen LogP contribution in [0, 0.1) is 11.3 Å². The summed E-state index contributed by atoms with van der Waals surface area (Å²) in [4.78, 5) is 33.2. The largest absolute Gasteiger partial charge is 0.481 e. The maximum Gasteiger partial charge on any atom is 0.326 e. The lowest BCUT2D eigenvalue weighted by molar-refractivity contribution is -0.143.